The lowest BCUT2D eigenvalue weighted by molar-refractivity contribution is 0.0594. The Labute approximate surface area is 102 Å². The maximum Gasteiger partial charge on any atom is 0.354 e. The number of nitriles is 1. The van der Waals surface area contributed by atoms with Crippen LogP contribution in [0.15, 0.2) is 23.0 Å². The molecule has 0 bridgehead atoms. The molecular weight excluding hydrogens is 234 g/mol. The van der Waals surface area contributed by atoms with Crippen LogP contribution in [0.1, 0.15) is 16.1 Å². The van der Waals surface area contributed by atoms with Crippen molar-refractivity contribution in [1.82, 2.24) is 4.98 Å². The zero-order chi connectivity index (χ0) is 13.3. The summed E-state index contributed by atoms with van der Waals surface area (Å²) in [5.74, 6) is -0.655. The largest absolute Gasteiger partial charge is 0.464 e. The van der Waals surface area contributed by atoms with Crippen molar-refractivity contribution in [2.45, 2.75) is 0 Å². The van der Waals surface area contributed by atoms with Crippen LogP contribution in [0.25, 0.3) is 10.9 Å². The van der Waals surface area contributed by atoms with Crippen molar-refractivity contribution >= 4 is 22.6 Å². The SMILES string of the molecule is COC(=O)c1cc(=O)c2cc(C#N)cc(N)c2[nH]1. The highest BCUT2D eigenvalue weighted by Gasteiger charge is 2.12. The Morgan fingerprint density at radius 1 is 1.44 bits per heavy atom. The number of carbonyl (C=O) groups is 1. The smallest absolute Gasteiger partial charge is 0.354 e. The fourth-order valence-electron chi connectivity index (χ4n) is 1.66. The summed E-state index contributed by atoms with van der Waals surface area (Å²) in [6, 6.07) is 5.88. The summed E-state index contributed by atoms with van der Waals surface area (Å²) < 4.78 is 4.52. The predicted octanol–water partition coefficient (Wildman–Crippen LogP) is 0.769. The van der Waals surface area contributed by atoms with Crippen LogP contribution in [0.5, 0.6) is 0 Å². The molecule has 2 rings (SSSR count). The number of pyridine rings is 1. The van der Waals surface area contributed by atoms with Gasteiger partial charge in [0.05, 0.1) is 29.9 Å². The third-order valence-corrected chi connectivity index (χ3v) is 2.50. The molecule has 0 atom stereocenters. The average molecular weight is 243 g/mol. The summed E-state index contributed by atoms with van der Waals surface area (Å²) >= 11 is 0. The van der Waals surface area contributed by atoms with Crippen molar-refractivity contribution in [2.24, 2.45) is 0 Å². The van der Waals surface area contributed by atoms with Gasteiger partial charge in [-0.3, -0.25) is 4.79 Å². The highest BCUT2D eigenvalue weighted by atomic mass is 16.5. The molecule has 0 aliphatic heterocycles. The van der Waals surface area contributed by atoms with E-state index in [1.165, 1.54) is 19.2 Å². The number of nitrogens with zero attached hydrogens (tertiary/aromatic N) is 1. The number of nitrogen functional groups attached to an aromatic ring is 1. The number of fused-ring (bicyclic) bond motifs is 1. The van der Waals surface area contributed by atoms with E-state index in [0.29, 0.717) is 5.52 Å². The zero-order valence-electron chi connectivity index (χ0n) is 9.48. The number of aromatic amines is 1. The minimum Gasteiger partial charge on any atom is -0.464 e. The maximum absolute atomic E-state index is 11.8. The van der Waals surface area contributed by atoms with Crippen molar-refractivity contribution in [3.8, 4) is 6.07 Å². The minimum atomic E-state index is -0.655. The topological polar surface area (TPSA) is 109 Å². The van der Waals surface area contributed by atoms with Crippen LogP contribution >= 0.6 is 0 Å². The summed E-state index contributed by atoms with van der Waals surface area (Å²) in [7, 11) is 1.22. The fraction of sp³-hybridized carbons (Fsp3) is 0.0833. The Morgan fingerprint density at radius 2 is 2.17 bits per heavy atom. The van der Waals surface area contributed by atoms with E-state index in [4.69, 9.17) is 11.0 Å². The van der Waals surface area contributed by atoms with E-state index in [-0.39, 0.29) is 22.3 Å². The quantitative estimate of drug-likeness (QED) is 0.568. The minimum absolute atomic E-state index is 0.0198. The number of nitrogens with one attached hydrogen (secondary N) is 1. The second kappa shape index (κ2) is 4.22. The first kappa shape index (κ1) is 11.7. The Kier molecular flexibility index (Phi) is 2.73. The van der Waals surface area contributed by atoms with Gasteiger partial charge in [-0.1, -0.05) is 0 Å². The Bertz CT molecular complexity index is 741. The number of nitrogens with two attached hydrogens (primary N) is 1. The molecule has 1 aromatic heterocycles. The fourth-order valence-corrected chi connectivity index (χ4v) is 1.66. The number of carbonyl (C=O) groups excluding carboxylic acids is 1. The third-order valence-electron chi connectivity index (χ3n) is 2.50. The molecular formula is C12H9N3O3. The molecule has 0 amide bonds. The van der Waals surface area contributed by atoms with Crippen molar-refractivity contribution < 1.29 is 9.53 Å². The summed E-state index contributed by atoms with van der Waals surface area (Å²) in [5.41, 5.74) is 6.20. The number of rotatable bonds is 1. The van der Waals surface area contributed by atoms with Crippen molar-refractivity contribution in [3.63, 3.8) is 0 Å². The number of methoxy groups -OCH3 is 1. The van der Waals surface area contributed by atoms with Crippen LogP contribution in [0.4, 0.5) is 5.69 Å². The molecule has 0 spiro atoms. The molecule has 0 saturated carbocycles. The number of esters is 1. The Balaban J connectivity index is 2.83. The summed E-state index contributed by atoms with van der Waals surface area (Å²) in [5, 5.41) is 9.06. The Morgan fingerprint density at radius 3 is 2.78 bits per heavy atom. The molecule has 2 aromatic rings. The van der Waals surface area contributed by atoms with Gasteiger partial charge in [-0.2, -0.15) is 5.26 Å². The van der Waals surface area contributed by atoms with Crippen LogP contribution in [0, 0.1) is 11.3 Å². The van der Waals surface area contributed by atoms with Gasteiger partial charge in [0.15, 0.2) is 5.43 Å². The number of aromatic nitrogens is 1. The van der Waals surface area contributed by atoms with Gasteiger partial charge in [-0.25, -0.2) is 4.79 Å². The number of ether oxygens (including phenoxy) is 1. The number of benzene rings is 1. The lowest BCUT2D eigenvalue weighted by Crippen LogP contribution is -2.12. The molecule has 0 saturated heterocycles. The highest BCUT2D eigenvalue weighted by molar-refractivity contribution is 5.95. The van der Waals surface area contributed by atoms with Gasteiger partial charge in [0.2, 0.25) is 0 Å². The van der Waals surface area contributed by atoms with Crippen molar-refractivity contribution in [2.75, 3.05) is 12.8 Å². The highest BCUT2D eigenvalue weighted by Crippen LogP contribution is 2.19. The number of hydrogen-bond acceptors (Lipinski definition) is 5. The van der Waals surface area contributed by atoms with Gasteiger partial charge in [-0.15, -0.1) is 0 Å². The van der Waals surface area contributed by atoms with Crippen LogP contribution in [-0.2, 0) is 4.74 Å². The third kappa shape index (κ3) is 1.78. The number of H-pyrrole nitrogens is 1. The molecule has 0 aliphatic carbocycles. The maximum atomic E-state index is 11.8. The normalized spacial score (nSPS) is 10.0. The lowest BCUT2D eigenvalue weighted by Gasteiger charge is -2.05. The van der Waals surface area contributed by atoms with Gasteiger partial charge >= 0.3 is 5.97 Å². The Hall–Kier alpha value is -2.81. The predicted molar refractivity (Wildman–Crippen MR) is 65.0 cm³/mol. The summed E-state index contributed by atoms with van der Waals surface area (Å²) in [6.07, 6.45) is 0. The van der Waals surface area contributed by atoms with E-state index >= 15 is 0 Å². The molecule has 0 unspecified atom stereocenters. The van der Waals surface area contributed by atoms with E-state index in [1.807, 2.05) is 6.07 Å². The molecule has 90 valence electrons. The molecule has 1 heterocycles. The second-order valence-corrected chi connectivity index (χ2v) is 3.64. The van der Waals surface area contributed by atoms with E-state index in [2.05, 4.69) is 9.72 Å². The van der Waals surface area contributed by atoms with E-state index < -0.39 is 11.4 Å². The molecule has 0 radical (unpaired) electrons. The summed E-state index contributed by atoms with van der Waals surface area (Å²) in [6.45, 7) is 0. The monoisotopic (exact) mass is 243 g/mol. The van der Waals surface area contributed by atoms with E-state index in [1.54, 1.807) is 0 Å². The van der Waals surface area contributed by atoms with Gasteiger partial charge in [0, 0.05) is 11.5 Å². The number of hydrogen-bond donors (Lipinski definition) is 2. The van der Waals surface area contributed by atoms with Gasteiger partial charge in [0.1, 0.15) is 5.69 Å². The molecule has 18 heavy (non-hydrogen) atoms. The zero-order valence-corrected chi connectivity index (χ0v) is 9.48. The van der Waals surface area contributed by atoms with Crippen molar-refractivity contribution in [3.05, 3.63) is 39.7 Å². The summed E-state index contributed by atoms with van der Waals surface area (Å²) in [4.78, 5) is 25.9. The molecule has 0 fully saturated rings. The molecule has 0 aliphatic rings. The number of anilines is 1. The van der Waals surface area contributed by atoms with Gasteiger partial charge in [0.25, 0.3) is 0 Å². The molecule has 1 aromatic carbocycles. The van der Waals surface area contributed by atoms with Crippen molar-refractivity contribution in [1.29, 1.82) is 5.26 Å². The van der Waals surface area contributed by atoms with E-state index in [0.717, 1.165) is 6.07 Å². The lowest BCUT2D eigenvalue weighted by atomic mass is 10.1. The van der Waals surface area contributed by atoms with Crippen LogP contribution in [0.3, 0.4) is 0 Å². The van der Waals surface area contributed by atoms with E-state index in [9.17, 15) is 9.59 Å². The molecule has 6 heteroatoms. The molecule has 6 nitrogen and oxygen atoms in total. The van der Waals surface area contributed by atoms with Crippen LogP contribution in [-0.4, -0.2) is 18.1 Å². The molecule has 3 N–H and O–H groups in total. The van der Waals surface area contributed by atoms with Crippen LogP contribution < -0.4 is 11.2 Å². The standard InChI is InChI=1S/C12H9N3O3/c1-18-12(17)9-4-10(16)7-2-6(5-13)3-8(14)11(7)15-9/h2-4H,14H2,1H3,(H,15,16). The first-order valence-corrected chi connectivity index (χ1v) is 5.01. The average Bonchev–Trinajstić information content (AvgIpc) is 2.38. The van der Waals surface area contributed by atoms with Crippen LogP contribution in [0.2, 0.25) is 0 Å². The van der Waals surface area contributed by atoms with Gasteiger partial charge in [-0.05, 0) is 12.1 Å². The second-order valence-electron chi connectivity index (χ2n) is 3.64. The first-order valence-electron chi connectivity index (χ1n) is 5.01. The van der Waals surface area contributed by atoms with Gasteiger partial charge < -0.3 is 15.5 Å². The first-order chi connectivity index (χ1) is 8.56.